The number of hydrogen-bond donors (Lipinski definition) is 1. The van der Waals surface area contributed by atoms with Crippen LogP contribution in [-0.4, -0.2) is 36.6 Å². The van der Waals surface area contributed by atoms with Crippen LogP contribution in [0.15, 0.2) is 12.1 Å². The van der Waals surface area contributed by atoms with Crippen molar-refractivity contribution in [2.75, 3.05) is 26.5 Å². The van der Waals surface area contributed by atoms with Crippen LogP contribution in [0.2, 0.25) is 5.02 Å². The number of amides is 1. The number of benzene rings is 1. The van der Waals surface area contributed by atoms with Gasteiger partial charge in [-0.25, -0.2) is 4.98 Å². The Labute approximate surface area is 162 Å². The van der Waals surface area contributed by atoms with Crippen LogP contribution in [0.4, 0.5) is 5.82 Å². The van der Waals surface area contributed by atoms with Gasteiger partial charge in [-0.3, -0.25) is 4.79 Å². The molecule has 0 radical (unpaired) electrons. The van der Waals surface area contributed by atoms with Gasteiger partial charge in [-0.2, -0.15) is 5.26 Å². The summed E-state index contributed by atoms with van der Waals surface area (Å²) in [5.74, 6) is 0.972. The van der Waals surface area contributed by atoms with E-state index in [9.17, 15) is 10.1 Å². The molecular formula is C19H19ClN4O3. The molecule has 1 amide bonds. The van der Waals surface area contributed by atoms with Gasteiger partial charge in [-0.15, -0.1) is 0 Å². The number of fused-ring (bicyclic) bond motifs is 1. The average molecular weight is 387 g/mol. The van der Waals surface area contributed by atoms with Crippen LogP contribution in [0.3, 0.4) is 0 Å². The minimum atomic E-state index is -0.0439. The Balaban J connectivity index is 2.37. The Morgan fingerprint density at radius 2 is 2.11 bits per heavy atom. The van der Waals surface area contributed by atoms with E-state index in [0.717, 1.165) is 11.3 Å². The number of hydrogen-bond acceptors (Lipinski definition) is 6. The van der Waals surface area contributed by atoms with Crippen LogP contribution in [-0.2, 0) is 17.8 Å². The molecule has 1 aliphatic rings. The van der Waals surface area contributed by atoms with Crippen molar-refractivity contribution in [1.29, 1.82) is 5.26 Å². The molecule has 0 unspecified atom stereocenters. The molecule has 0 atom stereocenters. The number of nitrogen functional groups attached to an aromatic ring is 1. The topological polar surface area (TPSA) is 101 Å². The molecule has 3 rings (SSSR count). The number of carbonyl (C=O) groups excluding carboxylic acids is 1. The highest BCUT2D eigenvalue weighted by Gasteiger charge is 2.28. The molecule has 1 aliphatic heterocycles. The first-order valence-corrected chi connectivity index (χ1v) is 8.67. The number of nitriles is 1. The number of nitrogens with two attached hydrogens (primary N) is 1. The molecule has 0 bridgehead atoms. The monoisotopic (exact) mass is 386 g/mol. The predicted molar refractivity (Wildman–Crippen MR) is 102 cm³/mol. The van der Waals surface area contributed by atoms with Crippen molar-refractivity contribution < 1.29 is 14.3 Å². The molecule has 140 valence electrons. The van der Waals surface area contributed by atoms with E-state index in [1.165, 1.54) is 21.1 Å². The third kappa shape index (κ3) is 3.24. The summed E-state index contributed by atoms with van der Waals surface area (Å²) in [6.07, 6.45) is 0.553. The lowest BCUT2D eigenvalue weighted by molar-refractivity contribution is -0.129. The highest BCUT2D eigenvalue weighted by Crippen LogP contribution is 2.45. The summed E-state index contributed by atoms with van der Waals surface area (Å²) in [6.45, 7) is 2.40. The molecule has 0 fully saturated rings. The highest BCUT2D eigenvalue weighted by molar-refractivity contribution is 6.31. The third-order valence-corrected chi connectivity index (χ3v) is 4.87. The lowest BCUT2D eigenvalue weighted by atomic mass is 9.90. The predicted octanol–water partition coefficient (Wildman–Crippen LogP) is 2.78. The molecule has 0 saturated carbocycles. The van der Waals surface area contributed by atoms with E-state index in [2.05, 4.69) is 11.1 Å². The zero-order chi connectivity index (χ0) is 19.7. The maximum Gasteiger partial charge on any atom is 0.219 e. The van der Waals surface area contributed by atoms with Crippen molar-refractivity contribution >= 4 is 23.3 Å². The molecule has 0 spiro atoms. The van der Waals surface area contributed by atoms with Crippen molar-refractivity contribution in [3.63, 3.8) is 0 Å². The van der Waals surface area contributed by atoms with Gasteiger partial charge in [0.2, 0.25) is 5.91 Å². The molecule has 7 nitrogen and oxygen atoms in total. The summed E-state index contributed by atoms with van der Waals surface area (Å²) in [4.78, 5) is 18.0. The number of rotatable bonds is 3. The second kappa shape index (κ2) is 7.33. The minimum absolute atomic E-state index is 0.0439. The maximum absolute atomic E-state index is 11.9. The van der Waals surface area contributed by atoms with Gasteiger partial charge >= 0.3 is 0 Å². The fourth-order valence-corrected chi connectivity index (χ4v) is 3.58. The van der Waals surface area contributed by atoms with Crippen LogP contribution in [0, 0.1) is 11.3 Å². The second-order valence-corrected chi connectivity index (χ2v) is 6.60. The molecule has 2 aromatic rings. The summed E-state index contributed by atoms with van der Waals surface area (Å²) in [5.41, 5.74) is 8.98. The van der Waals surface area contributed by atoms with Gasteiger partial charge in [0.15, 0.2) is 11.5 Å². The minimum Gasteiger partial charge on any atom is -0.493 e. The zero-order valence-electron chi connectivity index (χ0n) is 15.3. The van der Waals surface area contributed by atoms with Gasteiger partial charge in [0.1, 0.15) is 17.5 Å². The van der Waals surface area contributed by atoms with E-state index in [1.807, 2.05) is 0 Å². The van der Waals surface area contributed by atoms with E-state index in [1.54, 1.807) is 17.0 Å². The van der Waals surface area contributed by atoms with Gasteiger partial charge in [-0.1, -0.05) is 11.6 Å². The highest BCUT2D eigenvalue weighted by atomic mass is 35.5. The third-order valence-electron chi connectivity index (χ3n) is 4.65. The zero-order valence-corrected chi connectivity index (χ0v) is 16.1. The number of halogens is 1. The fraction of sp³-hybridized carbons (Fsp3) is 0.316. The van der Waals surface area contributed by atoms with Gasteiger partial charge in [0.05, 0.1) is 19.9 Å². The number of ether oxygens (including phenoxy) is 2. The van der Waals surface area contributed by atoms with Crippen LogP contribution in [0.5, 0.6) is 11.5 Å². The quantitative estimate of drug-likeness (QED) is 0.870. The largest absolute Gasteiger partial charge is 0.493 e. The molecule has 27 heavy (non-hydrogen) atoms. The normalized spacial score (nSPS) is 12.9. The Morgan fingerprint density at radius 3 is 2.70 bits per heavy atom. The summed E-state index contributed by atoms with van der Waals surface area (Å²) in [5, 5.41) is 10.2. The van der Waals surface area contributed by atoms with Crippen molar-refractivity contribution in [2.24, 2.45) is 0 Å². The van der Waals surface area contributed by atoms with Crippen molar-refractivity contribution in [3.05, 3.63) is 34.0 Å². The average Bonchev–Trinajstić information content (AvgIpc) is 2.65. The lowest BCUT2D eigenvalue weighted by Crippen LogP contribution is -2.35. The number of aromatic nitrogens is 1. The molecule has 1 aromatic heterocycles. The van der Waals surface area contributed by atoms with Crippen molar-refractivity contribution in [3.8, 4) is 28.7 Å². The number of pyridine rings is 1. The molecule has 0 saturated heterocycles. The first-order valence-electron chi connectivity index (χ1n) is 8.30. The smallest absolute Gasteiger partial charge is 0.219 e. The van der Waals surface area contributed by atoms with E-state index in [0.29, 0.717) is 47.2 Å². The van der Waals surface area contributed by atoms with E-state index >= 15 is 0 Å². The second-order valence-electron chi connectivity index (χ2n) is 6.16. The molecule has 0 aliphatic carbocycles. The lowest BCUT2D eigenvalue weighted by Gasteiger charge is -2.30. The molecular weight excluding hydrogens is 368 g/mol. The fourth-order valence-electron chi connectivity index (χ4n) is 3.38. The SMILES string of the molecule is COc1cc(Cl)cc(-c2c(C#N)c(N)nc3c2CN(C(C)=O)CC3)c1OC. The van der Waals surface area contributed by atoms with Crippen molar-refractivity contribution in [2.45, 2.75) is 19.9 Å². The summed E-state index contributed by atoms with van der Waals surface area (Å²) in [7, 11) is 3.03. The Hall–Kier alpha value is -2.98. The summed E-state index contributed by atoms with van der Waals surface area (Å²) < 4.78 is 10.9. The summed E-state index contributed by atoms with van der Waals surface area (Å²) >= 11 is 6.28. The van der Waals surface area contributed by atoms with Crippen LogP contribution < -0.4 is 15.2 Å². The Bertz CT molecular complexity index is 969. The first-order chi connectivity index (χ1) is 12.9. The van der Waals surface area contributed by atoms with Gasteiger partial charge in [-0.05, 0) is 6.07 Å². The Morgan fingerprint density at radius 1 is 1.37 bits per heavy atom. The maximum atomic E-state index is 11.9. The summed E-state index contributed by atoms with van der Waals surface area (Å²) in [6, 6.07) is 5.47. The van der Waals surface area contributed by atoms with E-state index in [-0.39, 0.29) is 17.3 Å². The van der Waals surface area contributed by atoms with Gasteiger partial charge < -0.3 is 20.1 Å². The van der Waals surface area contributed by atoms with Crippen molar-refractivity contribution in [1.82, 2.24) is 9.88 Å². The number of carbonyl (C=O) groups is 1. The van der Waals surface area contributed by atoms with E-state index in [4.69, 9.17) is 26.8 Å². The molecule has 8 heteroatoms. The molecule has 2 heterocycles. The van der Waals surface area contributed by atoms with Crippen LogP contribution in [0.25, 0.3) is 11.1 Å². The van der Waals surface area contributed by atoms with Gasteiger partial charge in [0.25, 0.3) is 0 Å². The van der Waals surface area contributed by atoms with Crippen LogP contribution >= 0.6 is 11.6 Å². The van der Waals surface area contributed by atoms with E-state index < -0.39 is 0 Å². The Kier molecular flexibility index (Phi) is 5.10. The number of methoxy groups -OCH3 is 2. The number of nitrogens with zero attached hydrogens (tertiary/aromatic N) is 3. The molecule has 1 aromatic carbocycles. The van der Waals surface area contributed by atoms with Crippen LogP contribution in [0.1, 0.15) is 23.7 Å². The standard InChI is InChI=1S/C19H19ClN4O3/c1-10(25)24-5-4-15-14(9-24)17(13(8-21)19(22)23-15)12-6-11(20)7-16(26-2)18(12)27-3/h6-7H,4-5,9H2,1-3H3,(H2,22,23). The molecule has 2 N–H and O–H groups in total. The first kappa shape index (κ1) is 18.8. The number of anilines is 1. The van der Waals surface area contributed by atoms with Gasteiger partial charge in [0, 0.05) is 54.2 Å².